The van der Waals surface area contributed by atoms with Crippen LogP contribution in [0.25, 0.3) is 11.3 Å². The molecule has 0 radical (unpaired) electrons. The van der Waals surface area contributed by atoms with Crippen LogP contribution in [-0.4, -0.2) is 16.7 Å². The van der Waals surface area contributed by atoms with Gasteiger partial charge in [-0.15, -0.1) is 0 Å². The Morgan fingerprint density at radius 1 is 1.08 bits per heavy atom. The topological polar surface area (TPSA) is 59.1 Å². The summed E-state index contributed by atoms with van der Waals surface area (Å²) in [6, 6.07) is 16.1. The maximum absolute atomic E-state index is 12.3. The van der Waals surface area contributed by atoms with E-state index in [9.17, 15) is 9.59 Å². The largest absolute Gasteiger partial charge is 0.298 e. The van der Waals surface area contributed by atoms with Crippen molar-refractivity contribution in [2.24, 2.45) is 0 Å². The number of carbonyl (C=O) groups excluding carboxylic acids is 2. The van der Waals surface area contributed by atoms with Crippen LogP contribution in [0.5, 0.6) is 0 Å². The number of hydrogen-bond donors (Lipinski definition) is 1. The minimum absolute atomic E-state index is 0.0883. The van der Waals surface area contributed by atoms with Gasteiger partial charge in [0.15, 0.2) is 10.9 Å². The molecule has 1 aromatic heterocycles. The summed E-state index contributed by atoms with van der Waals surface area (Å²) >= 11 is 7.07. The Morgan fingerprint density at radius 2 is 1.83 bits per heavy atom. The lowest BCUT2D eigenvalue weighted by atomic mass is 10.1. The van der Waals surface area contributed by atoms with Crippen molar-refractivity contribution in [3.63, 3.8) is 0 Å². The number of halogens is 1. The van der Waals surface area contributed by atoms with Gasteiger partial charge in [-0.1, -0.05) is 59.3 Å². The number of anilines is 1. The van der Waals surface area contributed by atoms with E-state index in [2.05, 4.69) is 10.3 Å². The highest BCUT2D eigenvalue weighted by Crippen LogP contribution is 2.31. The van der Waals surface area contributed by atoms with Gasteiger partial charge in [0.2, 0.25) is 0 Å². The Morgan fingerprint density at radius 3 is 2.50 bits per heavy atom. The number of hydrogen-bond acceptors (Lipinski definition) is 4. The number of Topliss-reactive ketones (excluding diaryl/α,β-unsaturated/α-hetero) is 1. The molecular formula is C18H13ClN2O2S. The number of benzene rings is 2. The number of thiazole rings is 1. The third kappa shape index (κ3) is 3.53. The van der Waals surface area contributed by atoms with Gasteiger partial charge in [0, 0.05) is 23.1 Å². The van der Waals surface area contributed by atoms with E-state index in [1.54, 1.807) is 24.3 Å². The van der Waals surface area contributed by atoms with Crippen molar-refractivity contribution >= 4 is 39.8 Å². The van der Waals surface area contributed by atoms with E-state index in [0.29, 0.717) is 26.3 Å². The molecule has 0 saturated heterocycles. The first kappa shape index (κ1) is 16.4. The van der Waals surface area contributed by atoms with Crippen LogP contribution in [0.4, 0.5) is 5.13 Å². The Hall–Kier alpha value is -2.50. The van der Waals surface area contributed by atoms with Crippen LogP contribution in [0.1, 0.15) is 27.0 Å². The van der Waals surface area contributed by atoms with Crippen LogP contribution in [0.15, 0.2) is 54.6 Å². The van der Waals surface area contributed by atoms with Crippen LogP contribution in [-0.2, 0) is 0 Å². The number of rotatable bonds is 4. The minimum atomic E-state index is -0.319. The van der Waals surface area contributed by atoms with E-state index in [1.165, 1.54) is 6.92 Å². The highest BCUT2D eigenvalue weighted by Gasteiger charge is 2.18. The number of nitrogens with one attached hydrogen (secondary N) is 1. The second-order valence-electron chi connectivity index (χ2n) is 5.08. The molecular weight excluding hydrogens is 344 g/mol. The summed E-state index contributed by atoms with van der Waals surface area (Å²) in [7, 11) is 0. The average molecular weight is 357 g/mol. The lowest BCUT2D eigenvalue weighted by Crippen LogP contribution is -2.11. The molecule has 0 saturated carbocycles. The number of amides is 1. The molecule has 0 aliphatic heterocycles. The van der Waals surface area contributed by atoms with Gasteiger partial charge in [-0.2, -0.15) is 0 Å². The van der Waals surface area contributed by atoms with Gasteiger partial charge in [-0.25, -0.2) is 4.98 Å². The van der Waals surface area contributed by atoms with Crippen molar-refractivity contribution in [2.75, 3.05) is 5.32 Å². The predicted octanol–water partition coefficient (Wildman–Crippen LogP) is 4.92. The van der Waals surface area contributed by atoms with E-state index in [4.69, 9.17) is 11.6 Å². The standard InChI is InChI=1S/C18H13ClN2O2S/c1-11(22)16-15(12-6-3-2-4-7-12)20-18(24-16)21-17(23)13-8-5-9-14(19)10-13/h2-10H,1H3,(H,20,21,23). The molecule has 1 heterocycles. The Bertz CT molecular complexity index is 906. The molecule has 0 aliphatic carbocycles. The van der Waals surface area contributed by atoms with E-state index < -0.39 is 0 Å². The summed E-state index contributed by atoms with van der Waals surface area (Å²) in [5.41, 5.74) is 1.85. The third-order valence-corrected chi connectivity index (χ3v) is 4.61. The molecule has 2 aromatic carbocycles. The molecule has 6 heteroatoms. The Balaban J connectivity index is 1.92. The van der Waals surface area contributed by atoms with Crippen molar-refractivity contribution in [3.8, 4) is 11.3 Å². The average Bonchev–Trinajstić information content (AvgIpc) is 3.00. The second-order valence-corrected chi connectivity index (χ2v) is 6.52. The molecule has 0 spiro atoms. The SMILES string of the molecule is CC(=O)c1sc(NC(=O)c2cccc(Cl)c2)nc1-c1ccccc1. The fourth-order valence-corrected chi connectivity index (χ4v) is 3.27. The van der Waals surface area contributed by atoms with Crippen LogP contribution in [0, 0.1) is 0 Å². The van der Waals surface area contributed by atoms with Gasteiger partial charge < -0.3 is 0 Å². The number of aromatic nitrogens is 1. The molecule has 24 heavy (non-hydrogen) atoms. The first-order valence-corrected chi connectivity index (χ1v) is 8.38. The maximum atomic E-state index is 12.3. The summed E-state index contributed by atoms with van der Waals surface area (Å²) in [5.74, 6) is -0.407. The van der Waals surface area contributed by atoms with Crippen molar-refractivity contribution in [3.05, 3.63) is 70.1 Å². The number of nitrogens with zero attached hydrogens (tertiary/aromatic N) is 1. The van der Waals surface area contributed by atoms with Crippen molar-refractivity contribution in [2.45, 2.75) is 6.92 Å². The molecule has 3 aromatic rings. The van der Waals surface area contributed by atoms with Gasteiger partial charge in [-0.3, -0.25) is 14.9 Å². The van der Waals surface area contributed by atoms with Crippen LogP contribution < -0.4 is 5.32 Å². The van der Waals surface area contributed by atoms with Gasteiger partial charge in [-0.05, 0) is 18.2 Å². The quantitative estimate of drug-likeness (QED) is 0.675. The minimum Gasteiger partial charge on any atom is -0.298 e. The van der Waals surface area contributed by atoms with Gasteiger partial charge in [0.05, 0.1) is 10.6 Å². The first-order valence-electron chi connectivity index (χ1n) is 7.18. The normalized spacial score (nSPS) is 10.4. The van der Waals surface area contributed by atoms with Gasteiger partial charge >= 0.3 is 0 Å². The van der Waals surface area contributed by atoms with Gasteiger partial charge in [0.25, 0.3) is 5.91 Å². The second kappa shape index (κ2) is 6.95. The van der Waals surface area contributed by atoms with E-state index in [-0.39, 0.29) is 11.7 Å². The van der Waals surface area contributed by atoms with Crippen molar-refractivity contribution in [1.29, 1.82) is 0 Å². The Kier molecular flexibility index (Phi) is 4.74. The lowest BCUT2D eigenvalue weighted by molar-refractivity contribution is 0.101. The predicted molar refractivity (Wildman–Crippen MR) is 97.0 cm³/mol. The summed E-state index contributed by atoms with van der Waals surface area (Å²) in [4.78, 5) is 29.1. The molecule has 1 N–H and O–H groups in total. The van der Waals surface area contributed by atoms with Crippen LogP contribution >= 0.6 is 22.9 Å². The van der Waals surface area contributed by atoms with E-state index in [0.717, 1.165) is 16.9 Å². The molecule has 0 unspecified atom stereocenters. The van der Waals surface area contributed by atoms with E-state index in [1.807, 2.05) is 30.3 Å². The third-order valence-electron chi connectivity index (χ3n) is 3.30. The van der Waals surface area contributed by atoms with Crippen molar-refractivity contribution < 1.29 is 9.59 Å². The number of carbonyl (C=O) groups is 2. The monoisotopic (exact) mass is 356 g/mol. The van der Waals surface area contributed by atoms with Crippen molar-refractivity contribution in [1.82, 2.24) is 4.98 Å². The van der Waals surface area contributed by atoms with Crippen LogP contribution in [0.3, 0.4) is 0 Å². The van der Waals surface area contributed by atoms with Gasteiger partial charge in [0.1, 0.15) is 0 Å². The molecule has 1 amide bonds. The Labute approximate surface area is 148 Å². The summed E-state index contributed by atoms with van der Waals surface area (Å²) in [6.45, 7) is 1.49. The lowest BCUT2D eigenvalue weighted by Gasteiger charge is -2.01. The zero-order chi connectivity index (χ0) is 17.1. The summed E-state index contributed by atoms with van der Waals surface area (Å²) in [5, 5.41) is 3.59. The smallest absolute Gasteiger partial charge is 0.257 e. The van der Waals surface area contributed by atoms with Crippen LogP contribution in [0.2, 0.25) is 5.02 Å². The molecule has 0 atom stereocenters. The highest BCUT2D eigenvalue weighted by atomic mass is 35.5. The fourth-order valence-electron chi connectivity index (χ4n) is 2.20. The molecule has 0 aliphatic rings. The molecule has 0 bridgehead atoms. The zero-order valence-corrected chi connectivity index (χ0v) is 14.3. The summed E-state index contributed by atoms with van der Waals surface area (Å²) < 4.78 is 0. The molecule has 120 valence electrons. The van der Waals surface area contributed by atoms with E-state index >= 15 is 0 Å². The number of ketones is 1. The molecule has 3 rings (SSSR count). The highest BCUT2D eigenvalue weighted by molar-refractivity contribution is 7.18. The maximum Gasteiger partial charge on any atom is 0.257 e. The first-order chi connectivity index (χ1) is 11.5. The summed E-state index contributed by atoms with van der Waals surface area (Å²) in [6.07, 6.45) is 0. The fraction of sp³-hybridized carbons (Fsp3) is 0.0556. The molecule has 4 nitrogen and oxygen atoms in total. The molecule has 0 fully saturated rings. The zero-order valence-electron chi connectivity index (χ0n) is 12.7.